The van der Waals surface area contributed by atoms with Crippen LogP contribution in [0.2, 0.25) is 12.1 Å². The van der Waals surface area contributed by atoms with Crippen LogP contribution in [0.15, 0.2) is 48.6 Å². The van der Waals surface area contributed by atoms with Crippen LogP contribution in [0.4, 0.5) is 0 Å². The lowest BCUT2D eigenvalue weighted by molar-refractivity contribution is -0.139. The van der Waals surface area contributed by atoms with E-state index in [-0.39, 0.29) is 11.9 Å². The highest BCUT2D eigenvalue weighted by molar-refractivity contribution is 6.73. The average Bonchev–Trinajstić information content (AvgIpc) is 2.60. The first-order chi connectivity index (χ1) is 12.3. The van der Waals surface area contributed by atoms with E-state index >= 15 is 0 Å². The molecule has 141 valence electrons. The lowest BCUT2D eigenvalue weighted by Gasteiger charge is -2.16. The van der Waals surface area contributed by atoms with Crippen LogP contribution in [0.1, 0.15) is 32.3 Å². The third-order valence-electron chi connectivity index (χ3n) is 3.87. The lowest BCUT2D eigenvalue weighted by Crippen LogP contribution is -2.30. The molecule has 0 unspecified atom stereocenters. The molecule has 0 amide bonds. The predicted octanol–water partition coefficient (Wildman–Crippen LogP) is 3.72. The van der Waals surface area contributed by atoms with Crippen molar-refractivity contribution in [3.05, 3.63) is 54.1 Å². The van der Waals surface area contributed by atoms with Crippen LogP contribution in [-0.2, 0) is 19.1 Å². The summed E-state index contributed by atoms with van der Waals surface area (Å²) in [6, 6.07) is 10.6. The normalized spacial score (nSPS) is 10.5. The topological polar surface area (TPSA) is 52.6 Å². The summed E-state index contributed by atoms with van der Waals surface area (Å²) in [6.45, 7) is 13.4. The maximum Gasteiger partial charge on any atom is 0.333 e. The molecule has 0 bridgehead atoms. The van der Waals surface area contributed by atoms with E-state index in [1.54, 1.807) is 13.8 Å². The number of carbonyl (C=O) groups excluding carboxylic acids is 2. The van der Waals surface area contributed by atoms with Crippen molar-refractivity contribution in [2.45, 2.75) is 45.7 Å². The Morgan fingerprint density at radius 3 is 1.69 bits per heavy atom. The fourth-order valence-electron chi connectivity index (χ4n) is 2.35. The van der Waals surface area contributed by atoms with Gasteiger partial charge in [-0.1, -0.05) is 60.3 Å². The number of hydrogen-bond acceptors (Lipinski definition) is 4. The van der Waals surface area contributed by atoms with E-state index in [0.29, 0.717) is 24.4 Å². The van der Waals surface area contributed by atoms with Gasteiger partial charge in [-0.2, -0.15) is 0 Å². The summed E-state index contributed by atoms with van der Waals surface area (Å²) >= 11 is 0. The van der Waals surface area contributed by atoms with Crippen molar-refractivity contribution < 1.29 is 19.1 Å². The van der Waals surface area contributed by atoms with Gasteiger partial charge in [-0.05, 0) is 33.6 Å². The van der Waals surface area contributed by atoms with Gasteiger partial charge < -0.3 is 9.47 Å². The number of carbonyl (C=O) groups is 2. The van der Waals surface area contributed by atoms with Gasteiger partial charge in [0.05, 0.1) is 22.0 Å². The van der Waals surface area contributed by atoms with E-state index in [9.17, 15) is 9.59 Å². The van der Waals surface area contributed by atoms with Crippen molar-refractivity contribution >= 4 is 25.9 Å². The molecule has 5 heteroatoms. The predicted molar refractivity (Wildman–Crippen MR) is 107 cm³/mol. The van der Waals surface area contributed by atoms with Gasteiger partial charge in [0.2, 0.25) is 0 Å². The minimum atomic E-state index is -0.802. The Morgan fingerprint density at radius 1 is 0.885 bits per heavy atom. The molecular formula is C21H29O4Si. The van der Waals surface area contributed by atoms with Gasteiger partial charge in [-0.3, -0.25) is 0 Å². The Morgan fingerprint density at radius 2 is 1.31 bits per heavy atom. The molecule has 0 aromatic heterocycles. The van der Waals surface area contributed by atoms with Crippen molar-refractivity contribution in [2.75, 3.05) is 13.2 Å². The fourth-order valence-corrected chi connectivity index (χ4v) is 4.96. The summed E-state index contributed by atoms with van der Waals surface area (Å²) in [5, 5.41) is 1.36. The molecule has 1 aromatic rings. The molecule has 0 saturated carbocycles. The highest BCUT2D eigenvalue weighted by Gasteiger charge is 2.15. The van der Waals surface area contributed by atoms with Crippen molar-refractivity contribution in [1.82, 2.24) is 0 Å². The van der Waals surface area contributed by atoms with Gasteiger partial charge in [0.15, 0.2) is 0 Å². The molecule has 1 aromatic carbocycles. The molecule has 1 rings (SSSR count). The molecule has 1 radical (unpaired) electrons. The van der Waals surface area contributed by atoms with Crippen molar-refractivity contribution in [2.24, 2.45) is 0 Å². The van der Waals surface area contributed by atoms with Gasteiger partial charge in [0.25, 0.3) is 0 Å². The highest BCUT2D eigenvalue weighted by Crippen LogP contribution is 2.10. The second-order valence-electron chi connectivity index (χ2n) is 6.51. The quantitative estimate of drug-likeness (QED) is 0.257. The zero-order valence-corrected chi connectivity index (χ0v) is 17.1. The van der Waals surface area contributed by atoms with Gasteiger partial charge in [0.1, 0.15) is 0 Å². The zero-order valence-electron chi connectivity index (χ0n) is 16.1. The highest BCUT2D eigenvalue weighted by atomic mass is 28.3. The lowest BCUT2D eigenvalue weighted by atomic mass is 10.2. The average molecular weight is 374 g/mol. The van der Waals surface area contributed by atoms with E-state index < -0.39 is 8.80 Å². The number of aryl methyl sites for hydroxylation is 1. The molecule has 0 saturated heterocycles. The van der Waals surface area contributed by atoms with Crippen LogP contribution >= 0.6 is 0 Å². The summed E-state index contributed by atoms with van der Waals surface area (Å²) in [5.41, 5.74) is 2.09. The molecule has 26 heavy (non-hydrogen) atoms. The van der Waals surface area contributed by atoms with Crippen molar-refractivity contribution in [3.63, 3.8) is 0 Å². The fraction of sp³-hybridized carbons (Fsp3) is 0.429. The SMILES string of the molecule is C=C(C)C(=O)OCCC[Si](CCCOC(=O)C(=C)C)c1ccc(C)cc1. The van der Waals surface area contributed by atoms with Crippen LogP contribution in [0.25, 0.3) is 0 Å². The summed E-state index contributed by atoms with van der Waals surface area (Å²) in [7, 11) is -0.802. The first-order valence-corrected chi connectivity index (χ1v) is 10.8. The third kappa shape index (κ3) is 8.29. The summed E-state index contributed by atoms with van der Waals surface area (Å²) in [5.74, 6) is -0.665. The van der Waals surface area contributed by atoms with Crippen LogP contribution in [0, 0.1) is 6.92 Å². The van der Waals surface area contributed by atoms with Crippen LogP contribution in [0.3, 0.4) is 0 Å². The Hall–Kier alpha value is -2.14. The largest absolute Gasteiger partial charge is 0.462 e. The van der Waals surface area contributed by atoms with Gasteiger partial charge in [0, 0.05) is 11.1 Å². The summed E-state index contributed by atoms with van der Waals surface area (Å²) < 4.78 is 10.4. The number of rotatable bonds is 11. The first-order valence-electron chi connectivity index (χ1n) is 8.88. The smallest absolute Gasteiger partial charge is 0.333 e. The van der Waals surface area contributed by atoms with E-state index in [4.69, 9.17) is 9.47 Å². The number of hydrogen-bond donors (Lipinski definition) is 0. The minimum Gasteiger partial charge on any atom is -0.462 e. The first kappa shape index (κ1) is 21.9. The molecule has 0 atom stereocenters. The molecule has 0 spiro atoms. The van der Waals surface area contributed by atoms with Crippen LogP contribution in [0.5, 0.6) is 0 Å². The number of benzene rings is 1. The molecule has 0 aliphatic carbocycles. The monoisotopic (exact) mass is 373 g/mol. The Labute approximate surface area is 158 Å². The molecule has 4 nitrogen and oxygen atoms in total. The standard InChI is InChI=1S/C21H29O4Si/c1-16(2)20(22)24-12-6-14-26(19-10-8-18(5)9-11-19)15-7-13-25-21(23)17(3)4/h8-11H,1,3,6-7,12-15H2,2,4-5H3. The second kappa shape index (κ2) is 11.5. The maximum absolute atomic E-state index is 11.5. The van der Waals surface area contributed by atoms with Crippen LogP contribution < -0.4 is 5.19 Å². The molecule has 0 heterocycles. The molecular weight excluding hydrogens is 344 g/mol. The maximum atomic E-state index is 11.5. The Balaban J connectivity index is 2.52. The zero-order chi connectivity index (χ0) is 19.5. The van der Waals surface area contributed by atoms with E-state index in [1.165, 1.54) is 10.8 Å². The van der Waals surface area contributed by atoms with Crippen LogP contribution in [-0.4, -0.2) is 33.9 Å². The molecule has 0 aliphatic heterocycles. The van der Waals surface area contributed by atoms with Crippen molar-refractivity contribution in [1.29, 1.82) is 0 Å². The van der Waals surface area contributed by atoms with Crippen molar-refractivity contribution in [3.8, 4) is 0 Å². The minimum absolute atomic E-state index is 0.333. The van der Waals surface area contributed by atoms with E-state index in [2.05, 4.69) is 44.3 Å². The number of esters is 2. The van der Waals surface area contributed by atoms with Gasteiger partial charge in [-0.15, -0.1) is 0 Å². The third-order valence-corrected chi connectivity index (χ3v) is 6.93. The number of ether oxygens (including phenoxy) is 2. The molecule has 0 aliphatic rings. The van der Waals surface area contributed by atoms with E-state index in [1.807, 2.05) is 0 Å². The van der Waals surface area contributed by atoms with Gasteiger partial charge >= 0.3 is 11.9 Å². The van der Waals surface area contributed by atoms with E-state index in [0.717, 1.165) is 24.9 Å². The Bertz CT molecular complexity index is 600. The Kier molecular flexibility index (Phi) is 9.66. The summed E-state index contributed by atoms with van der Waals surface area (Å²) in [6.07, 6.45) is 1.65. The van der Waals surface area contributed by atoms with Gasteiger partial charge in [-0.25, -0.2) is 9.59 Å². The molecule has 0 fully saturated rings. The molecule has 0 N–H and O–H groups in total. The second-order valence-corrected chi connectivity index (χ2v) is 9.29. The summed E-state index contributed by atoms with van der Waals surface area (Å²) in [4.78, 5) is 22.9.